The van der Waals surface area contributed by atoms with Crippen molar-refractivity contribution >= 4 is 22.6 Å². The highest BCUT2D eigenvalue weighted by Crippen LogP contribution is 2.44. The third kappa shape index (κ3) is 3.09. The Morgan fingerprint density at radius 3 is 2.53 bits per heavy atom. The maximum atomic E-state index is 13.8. The van der Waals surface area contributed by atoms with E-state index in [9.17, 15) is 9.90 Å². The lowest BCUT2D eigenvalue weighted by molar-refractivity contribution is -0.132. The summed E-state index contributed by atoms with van der Waals surface area (Å²) in [6.45, 7) is 0.786. The van der Waals surface area contributed by atoms with E-state index >= 15 is 0 Å². The number of fused-ring (bicyclic) bond motifs is 2. The highest BCUT2D eigenvalue weighted by molar-refractivity contribution is 6.09. The molecule has 1 aliphatic rings. The van der Waals surface area contributed by atoms with Crippen LogP contribution in [0.1, 0.15) is 22.8 Å². The number of tetrazole rings is 1. The van der Waals surface area contributed by atoms with Crippen LogP contribution in [0.4, 0.5) is 5.69 Å². The van der Waals surface area contributed by atoms with Crippen LogP contribution >= 0.6 is 0 Å². The number of H-pyrrole nitrogens is 1. The fourth-order valence-electron chi connectivity index (χ4n) is 4.69. The van der Waals surface area contributed by atoms with Crippen molar-refractivity contribution in [1.82, 2.24) is 30.2 Å². The molecule has 168 valence electrons. The molecule has 9 nitrogen and oxygen atoms in total. The van der Waals surface area contributed by atoms with Gasteiger partial charge in [-0.2, -0.15) is 5.21 Å². The summed E-state index contributed by atoms with van der Waals surface area (Å²) >= 11 is 0. The van der Waals surface area contributed by atoms with E-state index in [1.54, 1.807) is 23.1 Å². The standard InChI is InChI=1S/C25H21N7O2/c33-24-25(34,17-8-2-1-3-9-17)18-10-4-6-12-20(18)32(24)16-23-26-19-11-5-7-13-21(19)31(23)15-14-22-27-29-30-28-22/h1-13,34H,14-16H2,(H,27,28,29,30). The molecule has 34 heavy (non-hydrogen) atoms. The lowest BCUT2D eigenvalue weighted by Gasteiger charge is -2.23. The fraction of sp³-hybridized carbons (Fsp3) is 0.160. The summed E-state index contributed by atoms with van der Waals surface area (Å²) in [6.07, 6.45) is 0.558. The van der Waals surface area contributed by atoms with Gasteiger partial charge in [-0.25, -0.2) is 4.98 Å². The molecule has 0 saturated carbocycles. The zero-order chi connectivity index (χ0) is 23.1. The number of anilines is 1. The van der Waals surface area contributed by atoms with Crippen molar-refractivity contribution in [3.63, 3.8) is 0 Å². The van der Waals surface area contributed by atoms with Crippen LogP contribution in [0.25, 0.3) is 11.0 Å². The van der Waals surface area contributed by atoms with E-state index in [0.717, 1.165) is 11.0 Å². The molecular formula is C25H21N7O2. The topological polar surface area (TPSA) is 113 Å². The molecule has 3 heterocycles. The maximum Gasteiger partial charge on any atom is 0.268 e. The fourth-order valence-corrected chi connectivity index (χ4v) is 4.69. The first kappa shape index (κ1) is 20.3. The zero-order valence-electron chi connectivity index (χ0n) is 18.2. The van der Waals surface area contributed by atoms with Crippen molar-refractivity contribution in [2.45, 2.75) is 25.1 Å². The SMILES string of the molecule is O=C1N(Cc2nc3ccccc3n2CCc2nn[nH]n2)c2ccccc2C1(O)c1ccccc1. The Bertz CT molecular complexity index is 1480. The summed E-state index contributed by atoms with van der Waals surface area (Å²) in [4.78, 5) is 20.2. The molecule has 2 N–H and O–H groups in total. The number of hydrogen-bond donors (Lipinski definition) is 2. The van der Waals surface area contributed by atoms with Crippen LogP contribution in [0.2, 0.25) is 0 Å². The Kier molecular flexibility index (Phi) is 4.70. The van der Waals surface area contributed by atoms with Crippen LogP contribution in [0.3, 0.4) is 0 Å². The Morgan fingerprint density at radius 1 is 0.941 bits per heavy atom. The van der Waals surface area contributed by atoms with Crippen molar-refractivity contribution in [3.8, 4) is 0 Å². The zero-order valence-corrected chi connectivity index (χ0v) is 18.2. The molecule has 1 atom stereocenters. The minimum atomic E-state index is -1.75. The predicted octanol–water partition coefficient (Wildman–Crippen LogP) is 2.57. The smallest absolute Gasteiger partial charge is 0.268 e. The van der Waals surface area contributed by atoms with Gasteiger partial charge in [0.25, 0.3) is 5.91 Å². The molecule has 0 aliphatic carbocycles. The van der Waals surface area contributed by atoms with E-state index < -0.39 is 11.5 Å². The lowest BCUT2D eigenvalue weighted by atomic mass is 9.88. The number of benzene rings is 3. The first-order chi connectivity index (χ1) is 16.7. The molecule has 2 aromatic heterocycles. The number of hydrogen-bond acceptors (Lipinski definition) is 6. The van der Waals surface area contributed by atoms with Gasteiger partial charge >= 0.3 is 0 Å². The molecule has 0 bridgehead atoms. The number of carbonyl (C=O) groups excluding carboxylic acids is 1. The molecule has 6 rings (SSSR count). The number of amides is 1. The van der Waals surface area contributed by atoms with E-state index in [1.807, 2.05) is 60.7 Å². The Labute approximate surface area is 194 Å². The average Bonchev–Trinajstić information content (AvgIpc) is 3.57. The molecule has 9 heteroatoms. The van der Waals surface area contributed by atoms with E-state index in [4.69, 9.17) is 4.98 Å². The first-order valence-corrected chi connectivity index (χ1v) is 11.0. The molecule has 1 unspecified atom stereocenters. The normalized spacial score (nSPS) is 17.4. The average molecular weight is 451 g/mol. The number of carbonyl (C=O) groups is 1. The van der Waals surface area contributed by atoms with E-state index in [-0.39, 0.29) is 6.54 Å². The Hall–Kier alpha value is -4.37. The number of para-hydroxylation sites is 3. The number of aryl methyl sites for hydroxylation is 2. The van der Waals surface area contributed by atoms with Crippen molar-refractivity contribution in [3.05, 3.63) is 102 Å². The van der Waals surface area contributed by atoms with Crippen molar-refractivity contribution < 1.29 is 9.90 Å². The van der Waals surface area contributed by atoms with Gasteiger partial charge in [-0.1, -0.05) is 65.9 Å². The van der Waals surface area contributed by atoms with E-state index in [1.165, 1.54) is 0 Å². The van der Waals surface area contributed by atoms with Gasteiger partial charge < -0.3 is 14.6 Å². The minimum Gasteiger partial charge on any atom is -0.372 e. The molecule has 3 aromatic carbocycles. The second-order valence-corrected chi connectivity index (χ2v) is 8.23. The van der Waals surface area contributed by atoms with Crippen molar-refractivity contribution in [2.24, 2.45) is 0 Å². The Morgan fingerprint density at radius 2 is 1.71 bits per heavy atom. The quantitative estimate of drug-likeness (QED) is 0.410. The van der Waals surface area contributed by atoms with Crippen molar-refractivity contribution in [1.29, 1.82) is 0 Å². The van der Waals surface area contributed by atoms with Crippen LogP contribution in [-0.4, -0.2) is 41.2 Å². The van der Waals surface area contributed by atoms with Gasteiger partial charge in [0.2, 0.25) is 0 Å². The molecule has 5 aromatic rings. The third-order valence-corrected chi connectivity index (χ3v) is 6.31. The number of nitrogens with zero attached hydrogens (tertiary/aromatic N) is 6. The monoisotopic (exact) mass is 451 g/mol. The molecule has 1 aliphatic heterocycles. The highest BCUT2D eigenvalue weighted by atomic mass is 16.3. The highest BCUT2D eigenvalue weighted by Gasteiger charge is 2.51. The van der Waals surface area contributed by atoms with Gasteiger partial charge in [-0.05, 0) is 23.8 Å². The predicted molar refractivity (Wildman–Crippen MR) is 125 cm³/mol. The number of imidazole rings is 1. The van der Waals surface area contributed by atoms with Crippen LogP contribution in [0, 0.1) is 0 Å². The van der Waals surface area contributed by atoms with Gasteiger partial charge in [0.15, 0.2) is 11.4 Å². The van der Waals surface area contributed by atoms with Gasteiger partial charge in [-0.3, -0.25) is 4.79 Å². The van der Waals surface area contributed by atoms with Gasteiger partial charge in [0.05, 0.1) is 23.3 Å². The van der Waals surface area contributed by atoms with Gasteiger partial charge in [0, 0.05) is 18.5 Å². The number of nitrogens with one attached hydrogen (secondary N) is 1. The van der Waals surface area contributed by atoms with Crippen molar-refractivity contribution in [2.75, 3.05) is 4.90 Å². The van der Waals surface area contributed by atoms with Crippen LogP contribution < -0.4 is 4.90 Å². The molecule has 0 radical (unpaired) electrons. The number of aliphatic hydroxyl groups is 1. The second-order valence-electron chi connectivity index (χ2n) is 8.23. The second kappa shape index (κ2) is 7.89. The summed E-state index contributed by atoms with van der Waals surface area (Å²) in [5.74, 6) is 0.923. The largest absolute Gasteiger partial charge is 0.372 e. The van der Waals surface area contributed by atoms with E-state index in [0.29, 0.717) is 41.4 Å². The Balaban J connectivity index is 1.41. The minimum absolute atomic E-state index is 0.214. The number of aromatic amines is 1. The van der Waals surface area contributed by atoms with Gasteiger partial charge in [-0.15, -0.1) is 10.2 Å². The van der Waals surface area contributed by atoms with Crippen LogP contribution in [0.5, 0.6) is 0 Å². The van der Waals surface area contributed by atoms with Crippen LogP contribution in [-0.2, 0) is 29.9 Å². The summed E-state index contributed by atoms with van der Waals surface area (Å²) in [7, 11) is 0. The summed E-state index contributed by atoms with van der Waals surface area (Å²) in [5.41, 5.74) is 1.83. The summed E-state index contributed by atoms with van der Waals surface area (Å²) in [5, 5.41) is 25.9. The summed E-state index contributed by atoms with van der Waals surface area (Å²) in [6, 6.07) is 24.3. The number of aromatic nitrogens is 6. The number of rotatable bonds is 6. The first-order valence-electron chi connectivity index (χ1n) is 11.0. The third-order valence-electron chi connectivity index (χ3n) is 6.31. The molecule has 1 amide bonds. The molecular weight excluding hydrogens is 430 g/mol. The van der Waals surface area contributed by atoms with Crippen LogP contribution in [0.15, 0.2) is 78.9 Å². The molecule has 0 spiro atoms. The maximum absolute atomic E-state index is 13.8. The lowest BCUT2D eigenvalue weighted by Crippen LogP contribution is -2.41. The van der Waals surface area contributed by atoms with Gasteiger partial charge in [0.1, 0.15) is 5.82 Å². The van der Waals surface area contributed by atoms with E-state index in [2.05, 4.69) is 25.2 Å². The summed E-state index contributed by atoms with van der Waals surface area (Å²) < 4.78 is 2.07. The molecule has 0 fully saturated rings. The molecule has 0 saturated heterocycles.